The van der Waals surface area contributed by atoms with E-state index in [1.54, 1.807) is 0 Å². The number of primary amides is 1. The van der Waals surface area contributed by atoms with Crippen molar-refractivity contribution in [3.05, 3.63) is 29.8 Å². The minimum absolute atomic E-state index is 0.116. The second-order valence-electron chi connectivity index (χ2n) is 5.68. The van der Waals surface area contributed by atoms with Crippen LogP contribution < -0.4 is 11.1 Å². The number of nitrogens with one attached hydrogen (secondary N) is 1. The van der Waals surface area contributed by atoms with Crippen LogP contribution in [0.5, 0.6) is 0 Å². The second-order valence-corrected chi connectivity index (χ2v) is 5.68. The fourth-order valence-corrected chi connectivity index (χ4v) is 2.63. The summed E-state index contributed by atoms with van der Waals surface area (Å²) in [6.07, 6.45) is 3.37. The van der Waals surface area contributed by atoms with Gasteiger partial charge in [0.2, 0.25) is 5.91 Å². The summed E-state index contributed by atoms with van der Waals surface area (Å²) < 4.78 is 0. The van der Waals surface area contributed by atoms with Crippen LogP contribution >= 0.6 is 0 Å². The van der Waals surface area contributed by atoms with Crippen LogP contribution in [-0.4, -0.2) is 37.0 Å². The summed E-state index contributed by atoms with van der Waals surface area (Å²) in [5.74, 6) is -0.354. The van der Waals surface area contributed by atoms with Crippen molar-refractivity contribution in [2.75, 3.05) is 31.5 Å². The standard InChI is InChI=1S/C16H25N3O/c1-13(16(17)20)11-14-5-4-6-15(12-14)18-7-10-19-8-2-3-9-19/h4-6,12-13,18H,2-3,7-11H2,1H3,(H2,17,20). The molecule has 0 spiro atoms. The number of carbonyl (C=O) groups is 1. The molecule has 1 saturated heterocycles. The maximum atomic E-state index is 11.1. The van der Waals surface area contributed by atoms with Gasteiger partial charge in [0.25, 0.3) is 0 Å². The first-order valence-corrected chi connectivity index (χ1v) is 7.49. The largest absolute Gasteiger partial charge is 0.384 e. The van der Waals surface area contributed by atoms with Crippen LogP contribution in [0.15, 0.2) is 24.3 Å². The molecular weight excluding hydrogens is 250 g/mol. The SMILES string of the molecule is CC(Cc1cccc(NCCN2CCCC2)c1)C(N)=O. The van der Waals surface area contributed by atoms with Crippen LogP contribution in [0.3, 0.4) is 0 Å². The molecule has 1 heterocycles. The van der Waals surface area contributed by atoms with E-state index >= 15 is 0 Å². The van der Waals surface area contributed by atoms with E-state index < -0.39 is 0 Å². The molecule has 4 nitrogen and oxygen atoms in total. The molecule has 2 rings (SSSR count). The van der Waals surface area contributed by atoms with Gasteiger partial charge in [-0.2, -0.15) is 0 Å². The third-order valence-electron chi connectivity index (χ3n) is 3.91. The first-order chi connectivity index (χ1) is 9.65. The van der Waals surface area contributed by atoms with E-state index in [1.807, 2.05) is 19.1 Å². The number of rotatable bonds is 7. The maximum Gasteiger partial charge on any atom is 0.220 e. The first-order valence-electron chi connectivity index (χ1n) is 7.49. The monoisotopic (exact) mass is 275 g/mol. The summed E-state index contributed by atoms with van der Waals surface area (Å²) in [5.41, 5.74) is 7.59. The Morgan fingerprint density at radius 3 is 2.85 bits per heavy atom. The number of hydrogen-bond acceptors (Lipinski definition) is 3. The first kappa shape index (κ1) is 14.9. The zero-order valence-corrected chi connectivity index (χ0v) is 12.3. The molecule has 1 aliphatic rings. The highest BCUT2D eigenvalue weighted by molar-refractivity contribution is 5.76. The predicted molar refractivity (Wildman–Crippen MR) is 82.7 cm³/mol. The summed E-state index contributed by atoms with van der Waals surface area (Å²) >= 11 is 0. The lowest BCUT2D eigenvalue weighted by Crippen LogP contribution is -2.26. The molecule has 0 saturated carbocycles. The van der Waals surface area contributed by atoms with Gasteiger partial charge < -0.3 is 16.0 Å². The number of hydrogen-bond donors (Lipinski definition) is 2. The molecule has 1 amide bonds. The molecule has 0 aliphatic carbocycles. The third kappa shape index (κ3) is 4.53. The molecule has 1 aliphatic heterocycles. The molecule has 1 aromatic rings. The third-order valence-corrected chi connectivity index (χ3v) is 3.91. The van der Waals surface area contributed by atoms with Gasteiger partial charge in [-0.15, -0.1) is 0 Å². The second kappa shape index (κ2) is 7.29. The topological polar surface area (TPSA) is 58.4 Å². The summed E-state index contributed by atoms with van der Waals surface area (Å²) in [7, 11) is 0. The normalized spacial score (nSPS) is 17.1. The van der Waals surface area contributed by atoms with Crippen LogP contribution in [-0.2, 0) is 11.2 Å². The van der Waals surface area contributed by atoms with Crippen molar-refractivity contribution in [3.8, 4) is 0 Å². The Kier molecular flexibility index (Phi) is 5.41. The Labute approximate surface area is 121 Å². The Hall–Kier alpha value is -1.55. The molecule has 1 aromatic carbocycles. The van der Waals surface area contributed by atoms with Gasteiger partial charge in [0.15, 0.2) is 0 Å². The van der Waals surface area contributed by atoms with Crippen LogP contribution in [0, 0.1) is 5.92 Å². The molecule has 3 N–H and O–H groups in total. The molecule has 0 aromatic heterocycles. The molecule has 1 fully saturated rings. The zero-order valence-electron chi connectivity index (χ0n) is 12.3. The van der Waals surface area contributed by atoms with E-state index in [4.69, 9.17) is 5.73 Å². The van der Waals surface area contributed by atoms with Crippen molar-refractivity contribution in [1.29, 1.82) is 0 Å². The predicted octanol–water partition coefficient (Wildman–Crippen LogP) is 1.86. The van der Waals surface area contributed by atoms with E-state index in [-0.39, 0.29) is 11.8 Å². The average molecular weight is 275 g/mol. The molecule has 1 atom stereocenters. The Bertz CT molecular complexity index is 441. The van der Waals surface area contributed by atoms with Gasteiger partial charge in [0, 0.05) is 24.7 Å². The van der Waals surface area contributed by atoms with E-state index in [0.717, 1.165) is 24.3 Å². The van der Waals surface area contributed by atoms with Crippen LogP contribution in [0.25, 0.3) is 0 Å². The van der Waals surface area contributed by atoms with E-state index in [0.29, 0.717) is 6.42 Å². The number of likely N-dealkylation sites (tertiary alicyclic amines) is 1. The van der Waals surface area contributed by atoms with Crippen molar-refractivity contribution in [3.63, 3.8) is 0 Å². The van der Waals surface area contributed by atoms with Crippen molar-refractivity contribution in [2.45, 2.75) is 26.2 Å². The average Bonchev–Trinajstić information content (AvgIpc) is 2.92. The lowest BCUT2D eigenvalue weighted by Gasteiger charge is -2.16. The quantitative estimate of drug-likeness (QED) is 0.798. The van der Waals surface area contributed by atoms with E-state index in [1.165, 1.54) is 25.9 Å². The molecule has 0 bridgehead atoms. The van der Waals surface area contributed by atoms with E-state index in [2.05, 4.69) is 22.3 Å². The van der Waals surface area contributed by atoms with Gasteiger partial charge in [-0.05, 0) is 50.0 Å². The van der Waals surface area contributed by atoms with Gasteiger partial charge in [-0.1, -0.05) is 19.1 Å². The van der Waals surface area contributed by atoms with Crippen molar-refractivity contribution < 1.29 is 4.79 Å². The fourth-order valence-electron chi connectivity index (χ4n) is 2.63. The van der Waals surface area contributed by atoms with Crippen molar-refractivity contribution >= 4 is 11.6 Å². The van der Waals surface area contributed by atoms with Gasteiger partial charge >= 0.3 is 0 Å². The molecule has 110 valence electrons. The number of benzene rings is 1. The summed E-state index contributed by atoms with van der Waals surface area (Å²) in [6, 6.07) is 8.26. The minimum atomic E-state index is -0.239. The number of nitrogens with two attached hydrogens (primary N) is 1. The highest BCUT2D eigenvalue weighted by Crippen LogP contribution is 2.14. The summed E-state index contributed by atoms with van der Waals surface area (Å²) in [4.78, 5) is 13.6. The molecule has 1 unspecified atom stereocenters. The van der Waals surface area contributed by atoms with Crippen LogP contribution in [0.4, 0.5) is 5.69 Å². The number of nitrogens with zero attached hydrogens (tertiary/aromatic N) is 1. The van der Waals surface area contributed by atoms with Gasteiger partial charge in [0.05, 0.1) is 0 Å². The number of anilines is 1. The van der Waals surface area contributed by atoms with Crippen LogP contribution in [0.1, 0.15) is 25.3 Å². The summed E-state index contributed by atoms with van der Waals surface area (Å²) in [5, 5.41) is 3.46. The van der Waals surface area contributed by atoms with Gasteiger partial charge in [-0.25, -0.2) is 0 Å². The van der Waals surface area contributed by atoms with E-state index in [9.17, 15) is 4.79 Å². The maximum absolute atomic E-state index is 11.1. The molecule has 4 heteroatoms. The van der Waals surface area contributed by atoms with Crippen molar-refractivity contribution in [1.82, 2.24) is 4.90 Å². The lowest BCUT2D eigenvalue weighted by molar-refractivity contribution is -0.121. The Morgan fingerprint density at radius 1 is 1.40 bits per heavy atom. The molecule has 0 radical (unpaired) electrons. The Morgan fingerprint density at radius 2 is 2.15 bits per heavy atom. The lowest BCUT2D eigenvalue weighted by atomic mass is 10.0. The fraction of sp³-hybridized carbons (Fsp3) is 0.562. The summed E-state index contributed by atoms with van der Waals surface area (Å²) in [6.45, 7) is 6.41. The number of carbonyl (C=O) groups excluding carboxylic acids is 1. The van der Waals surface area contributed by atoms with Gasteiger partial charge in [0.1, 0.15) is 0 Å². The highest BCUT2D eigenvalue weighted by Gasteiger charge is 2.11. The van der Waals surface area contributed by atoms with Crippen molar-refractivity contribution in [2.24, 2.45) is 11.7 Å². The van der Waals surface area contributed by atoms with Gasteiger partial charge in [-0.3, -0.25) is 4.79 Å². The molecule has 20 heavy (non-hydrogen) atoms. The number of amides is 1. The smallest absolute Gasteiger partial charge is 0.220 e. The minimum Gasteiger partial charge on any atom is -0.384 e. The Balaban J connectivity index is 1.80. The zero-order chi connectivity index (χ0) is 14.4. The highest BCUT2D eigenvalue weighted by atomic mass is 16.1. The van der Waals surface area contributed by atoms with Crippen LogP contribution in [0.2, 0.25) is 0 Å². The molecular formula is C16H25N3O.